The summed E-state index contributed by atoms with van der Waals surface area (Å²) in [6, 6.07) is 10.2. The number of carbonyl (C=O) groups excluding carboxylic acids is 1. The van der Waals surface area contributed by atoms with Crippen LogP contribution in [0.25, 0.3) is 11.3 Å². The first-order valence-electron chi connectivity index (χ1n) is 7.74. The number of ether oxygens (including phenoxy) is 2. The van der Waals surface area contributed by atoms with Crippen LogP contribution in [0.4, 0.5) is 5.13 Å². The van der Waals surface area contributed by atoms with Gasteiger partial charge >= 0.3 is 0 Å². The normalized spacial score (nSPS) is 10.4. The molecule has 134 valence electrons. The molecule has 0 spiro atoms. The van der Waals surface area contributed by atoms with Gasteiger partial charge in [0.15, 0.2) is 16.6 Å². The fourth-order valence-corrected chi connectivity index (χ4v) is 3.10. The monoisotopic (exact) mass is 371 g/mol. The zero-order valence-electron chi connectivity index (χ0n) is 14.3. The molecular weight excluding hydrogens is 354 g/mol. The fraction of sp³-hybridized carbons (Fsp3) is 0.167. The molecule has 0 aliphatic heterocycles. The van der Waals surface area contributed by atoms with E-state index >= 15 is 0 Å². The van der Waals surface area contributed by atoms with E-state index < -0.39 is 0 Å². The number of hydrogen-bond acceptors (Lipinski definition) is 6. The molecule has 8 heteroatoms. The first-order valence-corrected chi connectivity index (χ1v) is 8.62. The highest BCUT2D eigenvalue weighted by atomic mass is 32.1. The lowest BCUT2D eigenvalue weighted by Gasteiger charge is -2.08. The second-order valence-corrected chi connectivity index (χ2v) is 6.18. The first-order chi connectivity index (χ1) is 12.6. The molecule has 26 heavy (non-hydrogen) atoms. The summed E-state index contributed by atoms with van der Waals surface area (Å²) in [5.41, 5.74) is 1.33. The number of pyridine rings is 1. The molecule has 3 rings (SSSR count). The summed E-state index contributed by atoms with van der Waals surface area (Å²) < 4.78 is 11.9. The topological polar surface area (TPSA) is 82.5 Å². The van der Waals surface area contributed by atoms with Crippen molar-refractivity contribution >= 4 is 22.4 Å². The Bertz CT molecular complexity index is 980. The van der Waals surface area contributed by atoms with E-state index in [9.17, 15) is 9.59 Å². The van der Waals surface area contributed by atoms with Crippen molar-refractivity contribution in [1.82, 2.24) is 9.55 Å². The number of amides is 1. The van der Waals surface area contributed by atoms with Crippen LogP contribution in [0.3, 0.4) is 0 Å². The second-order valence-electron chi connectivity index (χ2n) is 5.32. The molecule has 0 saturated carbocycles. The van der Waals surface area contributed by atoms with E-state index in [1.807, 2.05) is 17.5 Å². The summed E-state index contributed by atoms with van der Waals surface area (Å²) in [7, 11) is 3.14. The van der Waals surface area contributed by atoms with Crippen LogP contribution >= 0.6 is 11.3 Å². The Hall–Kier alpha value is -3.13. The number of aromatic nitrogens is 2. The molecule has 7 nitrogen and oxygen atoms in total. The van der Waals surface area contributed by atoms with Gasteiger partial charge in [-0.3, -0.25) is 9.59 Å². The Morgan fingerprint density at radius 2 is 2.00 bits per heavy atom. The smallest absolute Gasteiger partial charge is 0.250 e. The largest absolute Gasteiger partial charge is 0.493 e. The van der Waals surface area contributed by atoms with Crippen molar-refractivity contribution in [3.8, 4) is 22.8 Å². The van der Waals surface area contributed by atoms with Crippen molar-refractivity contribution in [2.75, 3.05) is 19.5 Å². The van der Waals surface area contributed by atoms with Crippen LogP contribution in [-0.2, 0) is 11.3 Å². The number of methoxy groups -OCH3 is 2. The maximum Gasteiger partial charge on any atom is 0.250 e. The van der Waals surface area contributed by atoms with Crippen molar-refractivity contribution in [1.29, 1.82) is 0 Å². The minimum absolute atomic E-state index is 0.0645. The molecule has 2 aromatic heterocycles. The predicted octanol–water partition coefficient (Wildman–Crippen LogP) is 2.63. The van der Waals surface area contributed by atoms with E-state index in [0.29, 0.717) is 22.3 Å². The lowest BCUT2D eigenvalue weighted by Crippen LogP contribution is -2.26. The SMILES string of the molecule is COc1ccc(-c2csc(NC(=O)Cn3ccccc3=O)n2)cc1OC. The van der Waals surface area contributed by atoms with Crippen molar-refractivity contribution in [2.45, 2.75) is 6.54 Å². The molecule has 0 bridgehead atoms. The van der Waals surface area contributed by atoms with Crippen molar-refractivity contribution < 1.29 is 14.3 Å². The second kappa shape index (κ2) is 7.83. The van der Waals surface area contributed by atoms with Crippen molar-refractivity contribution in [2.24, 2.45) is 0 Å². The van der Waals surface area contributed by atoms with Gasteiger partial charge in [0.2, 0.25) is 5.91 Å². The Morgan fingerprint density at radius 3 is 2.73 bits per heavy atom. The third kappa shape index (κ3) is 3.92. The van der Waals surface area contributed by atoms with Gasteiger partial charge < -0.3 is 19.4 Å². The van der Waals surface area contributed by atoms with Crippen molar-refractivity contribution in [3.05, 3.63) is 58.3 Å². The molecule has 0 saturated heterocycles. The zero-order valence-corrected chi connectivity index (χ0v) is 15.1. The van der Waals surface area contributed by atoms with Crippen LogP contribution in [0.1, 0.15) is 0 Å². The Balaban J connectivity index is 1.73. The van der Waals surface area contributed by atoms with Crippen LogP contribution in [0.15, 0.2) is 52.8 Å². The number of nitrogens with zero attached hydrogens (tertiary/aromatic N) is 2. The van der Waals surface area contributed by atoms with E-state index in [0.717, 1.165) is 5.56 Å². The number of rotatable bonds is 6. The molecule has 1 N–H and O–H groups in total. The molecule has 1 amide bonds. The summed E-state index contributed by atoms with van der Waals surface area (Å²) in [4.78, 5) is 28.2. The van der Waals surface area contributed by atoms with Crippen molar-refractivity contribution in [3.63, 3.8) is 0 Å². The fourth-order valence-electron chi connectivity index (χ4n) is 2.36. The standard InChI is InChI=1S/C18H17N3O4S/c1-24-14-7-6-12(9-15(14)25-2)13-11-26-18(19-13)20-16(22)10-21-8-4-3-5-17(21)23/h3-9,11H,10H2,1-2H3,(H,19,20,22). The Morgan fingerprint density at radius 1 is 1.19 bits per heavy atom. The van der Waals surface area contributed by atoms with Gasteiger partial charge in [-0.1, -0.05) is 6.07 Å². The van der Waals surface area contributed by atoms with Gasteiger partial charge in [-0.25, -0.2) is 4.98 Å². The lowest BCUT2D eigenvalue weighted by molar-refractivity contribution is -0.116. The number of carbonyl (C=O) groups is 1. The highest BCUT2D eigenvalue weighted by Gasteiger charge is 2.11. The highest BCUT2D eigenvalue weighted by Crippen LogP contribution is 2.33. The van der Waals surface area contributed by atoms with E-state index in [-0.39, 0.29) is 18.0 Å². The first kappa shape index (κ1) is 17.7. The van der Waals surface area contributed by atoms with Crippen LogP contribution in [-0.4, -0.2) is 29.7 Å². The van der Waals surface area contributed by atoms with E-state index in [1.54, 1.807) is 38.6 Å². The maximum absolute atomic E-state index is 12.1. The number of nitrogens with one attached hydrogen (secondary N) is 1. The molecule has 2 heterocycles. The van der Waals surface area contributed by atoms with Gasteiger partial charge in [0.1, 0.15) is 6.54 Å². The third-order valence-corrected chi connectivity index (χ3v) is 4.40. The summed E-state index contributed by atoms with van der Waals surface area (Å²) in [6.45, 7) is -0.0645. The average Bonchev–Trinajstić information content (AvgIpc) is 3.11. The molecule has 3 aromatic rings. The van der Waals surface area contributed by atoms with E-state index in [4.69, 9.17) is 9.47 Å². The molecule has 0 unspecified atom stereocenters. The Kier molecular flexibility index (Phi) is 5.33. The van der Waals surface area contributed by atoms with Crippen LogP contribution in [0.5, 0.6) is 11.5 Å². The Labute approximate surface area is 153 Å². The molecule has 0 aliphatic rings. The van der Waals surface area contributed by atoms with Gasteiger partial charge in [-0.15, -0.1) is 11.3 Å². The zero-order chi connectivity index (χ0) is 18.5. The molecule has 0 atom stereocenters. The van der Waals surface area contributed by atoms with Crippen LogP contribution in [0, 0.1) is 0 Å². The molecule has 1 aromatic carbocycles. The summed E-state index contributed by atoms with van der Waals surface area (Å²) in [6.07, 6.45) is 1.57. The summed E-state index contributed by atoms with van der Waals surface area (Å²) >= 11 is 1.31. The molecular formula is C18H17N3O4S. The van der Waals surface area contributed by atoms with Crippen LogP contribution < -0.4 is 20.3 Å². The number of benzene rings is 1. The summed E-state index contributed by atoms with van der Waals surface area (Å²) in [5.74, 6) is 0.923. The van der Waals surface area contributed by atoms with Gasteiger partial charge in [-0.2, -0.15) is 0 Å². The van der Waals surface area contributed by atoms with E-state index in [1.165, 1.54) is 22.0 Å². The quantitative estimate of drug-likeness (QED) is 0.720. The molecule has 0 aliphatic carbocycles. The predicted molar refractivity (Wildman–Crippen MR) is 100.0 cm³/mol. The van der Waals surface area contributed by atoms with Gasteiger partial charge in [0.25, 0.3) is 5.56 Å². The summed E-state index contributed by atoms with van der Waals surface area (Å²) in [5, 5.41) is 5.01. The number of anilines is 1. The minimum atomic E-state index is -0.313. The minimum Gasteiger partial charge on any atom is -0.493 e. The van der Waals surface area contributed by atoms with E-state index in [2.05, 4.69) is 10.3 Å². The highest BCUT2D eigenvalue weighted by molar-refractivity contribution is 7.14. The van der Waals surface area contributed by atoms with Crippen LogP contribution in [0.2, 0.25) is 0 Å². The maximum atomic E-state index is 12.1. The number of thiazole rings is 1. The van der Waals surface area contributed by atoms with Gasteiger partial charge in [0.05, 0.1) is 19.9 Å². The van der Waals surface area contributed by atoms with Gasteiger partial charge in [-0.05, 0) is 24.3 Å². The van der Waals surface area contributed by atoms with Gasteiger partial charge in [0, 0.05) is 23.2 Å². The lowest BCUT2D eigenvalue weighted by atomic mass is 10.1. The number of hydrogen-bond donors (Lipinski definition) is 1. The third-order valence-electron chi connectivity index (χ3n) is 3.64. The molecule has 0 fully saturated rings. The molecule has 0 radical (unpaired) electrons. The average molecular weight is 371 g/mol.